The van der Waals surface area contributed by atoms with Crippen molar-refractivity contribution < 1.29 is 9.84 Å². The van der Waals surface area contributed by atoms with Gasteiger partial charge in [-0.05, 0) is 30.3 Å². The zero-order valence-electron chi connectivity index (χ0n) is 14.1. The maximum absolute atomic E-state index is 9.04. The number of methoxy groups -OCH3 is 1. The van der Waals surface area contributed by atoms with Gasteiger partial charge in [-0.15, -0.1) is 0 Å². The summed E-state index contributed by atoms with van der Waals surface area (Å²) in [5, 5.41) is 15.8. The quantitative estimate of drug-likeness (QED) is 0.586. The van der Waals surface area contributed by atoms with Crippen LogP contribution in [-0.4, -0.2) is 40.3 Å². The fourth-order valence-corrected chi connectivity index (χ4v) is 2.51. The lowest BCUT2D eigenvalue weighted by Crippen LogP contribution is -2.10. The number of ether oxygens (including phenoxy) is 1. The minimum absolute atomic E-state index is 0.0225. The monoisotopic (exact) mass is 371 g/mol. The minimum Gasteiger partial charge on any atom is -0.495 e. The second-order valence-corrected chi connectivity index (χ2v) is 5.76. The zero-order chi connectivity index (χ0) is 18.4. The molecule has 1 aromatic carbocycles. The molecule has 26 heavy (non-hydrogen) atoms. The molecular formula is C18H18ClN5O2. The van der Waals surface area contributed by atoms with Gasteiger partial charge in [0, 0.05) is 35.6 Å². The number of rotatable bonds is 7. The molecule has 3 rings (SSSR count). The summed E-state index contributed by atoms with van der Waals surface area (Å²) in [4.78, 5) is 13.0. The van der Waals surface area contributed by atoms with Crippen LogP contribution in [0.2, 0.25) is 5.02 Å². The summed E-state index contributed by atoms with van der Waals surface area (Å²) in [5.74, 6) is 1.59. The van der Waals surface area contributed by atoms with E-state index in [1.807, 2.05) is 18.2 Å². The number of halogens is 1. The molecule has 0 unspecified atom stereocenters. The van der Waals surface area contributed by atoms with Crippen LogP contribution in [0, 0.1) is 0 Å². The smallest absolute Gasteiger partial charge is 0.225 e. The Labute approximate surface area is 156 Å². The highest BCUT2D eigenvalue weighted by molar-refractivity contribution is 6.31. The molecule has 0 bridgehead atoms. The lowest BCUT2D eigenvalue weighted by atomic mass is 10.2. The van der Waals surface area contributed by atoms with E-state index in [0.29, 0.717) is 40.5 Å². The van der Waals surface area contributed by atoms with Crippen molar-refractivity contribution in [3.63, 3.8) is 0 Å². The molecule has 0 fully saturated rings. The predicted octanol–water partition coefficient (Wildman–Crippen LogP) is 3.35. The van der Waals surface area contributed by atoms with Gasteiger partial charge in [0.05, 0.1) is 25.1 Å². The third-order valence-corrected chi connectivity index (χ3v) is 3.74. The van der Waals surface area contributed by atoms with E-state index >= 15 is 0 Å². The van der Waals surface area contributed by atoms with Crippen LogP contribution < -0.4 is 15.4 Å². The first-order valence-corrected chi connectivity index (χ1v) is 8.32. The van der Waals surface area contributed by atoms with Crippen molar-refractivity contribution in [2.24, 2.45) is 0 Å². The fourth-order valence-electron chi connectivity index (χ4n) is 2.34. The first-order chi connectivity index (χ1) is 12.7. The number of hydrogen-bond donors (Lipinski definition) is 3. The standard InChI is InChI=1S/C18H18ClN5O2/c1-26-16-5-4-13(19)9-15(16)22-17-10-14(12-3-2-6-20-11-12)23-18(24-17)21-7-8-25/h2-6,9-11,25H,7-8H2,1H3,(H2,21,22,23,24). The number of aromatic nitrogens is 3. The number of anilines is 3. The highest BCUT2D eigenvalue weighted by Crippen LogP contribution is 2.31. The molecule has 8 heteroatoms. The molecule has 0 amide bonds. The van der Waals surface area contributed by atoms with E-state index in [-0.39, 0.29) is 6.61 Å². The summed E-state index contributed by atoms with van der Waals surface area (Å²) < 4.78 is 5.36. The molecule has 0 aliphatic rings. The van der Waals surface area contributed by atoms with E-state index < -0.39 is 0 Å². The van der Waals surface area contributed by atoms with Gasteiger partial charge in [-0.2, -0.15) is 4.98 Å². The van der Waals surface area contributed by atoms with E-state index in [1.165, 1.54) is 0 Å². The van der Waals surface area contributed by atoms with Gasteiger partial charge in [0.1, 0.15) is 11.6 Å². The predicted molar refractivity (Wildman–Crippen MR) is 102 cm³/mol. The molecule has 3 N–H and O–H groups in total. The molecule has 0 radical (unpaired) electrons. The van der Waals surface area contributed by atoms with Crippen molar-refractivity contribution in [1.29, 1.82) is 0 Å². The topological polar surface area (TPSA) is 92.2 Å². The Kier molecular flexibility index (Phi) is 5.83. The zero-order valence-corrected chi connectivity index (χ0v) is 14.9. The highest BCUT2D eigenvalue weighted by Gasteiger charge is 2.10. The van der Waals surface area contributed by atoms with Crippen LogP contribution in [0.3, 0.4) is 0 Å². The summed E-state index contributed by atoms with van der Waals surface area (Å²) in [5.41, 5.74) is 2.23. The van der Waals surface area contributed by atoms with Gasteiger partial charge >= 0.3 is 0 Å². The maximum Gasteiger partial charge on any atom is 0.225 e. The molecule has 0 atom stereocenters. The molecule has 3 aromatic rings. The van der Waals surface area contributed by atoms with Crippen LogP contribution in [0.25, 0.3) is 11.3 Å². The number of aliphatic hydroxyl groups is 1. The molecule has 0 aliphatic carbocycles. The Morgan fingerprint density at radius 3 is 2.81 bits per heavy atom. The van der Waals surface area contributed by atoms with Crippen molar-refractivity contribution in [1.82, 2.24) is 15.0 Å². The average molecular weight is 372 g/mol. The summed E-state index contributed by atoms with van der Waals surface area (Å²) in [7, 11) is 1.59. The Bertz CT molecular complexity index is 877. The largest absolute Gasteiger partial charge is 0.495 e. The molecule has 0 saturated carbocycles. The number of aliphatic hydroxyl groups excluding tert-OH is 1. The maximum atomic E-state index is 9.04. The molecular weight excluding hydrogens is 354 g/mol. The molecule has 2 aromatic heterocycles. The van der Waals surface area contributed by atoms with E-state index in [9.17, 15) is 0 Å². The summed E-state index contributed by atoms with van der Waals surface area (Å²) >= 11 is 6.09. The third kappa shape index (κ3) is 4.38. The van der Waals surface area contributed by atoms with E-state index in [0.717, 1.165) is 5.56 Å². The normalized spacial score (nSPS) is 10.4. The second-order valence-electron chi connectivity index (χ2n) is 5.32. The highest BCUT2D eigenvalue weighted by atomic mass is 35.5. The number of hydrogen-bond acceptors (Lipinski definition) is 7. The Hall–Kier alpha value is -2.90. The number of pyridine rings is 1. The van der Waals surface area contributed by atoms with Crippen LogP contribution in [0.4, 0.5) is 17.5 Å². The van der Waals surface area contributed by atoms with Crippen LogP contribution in [0.15, 0.2) is 48.8 Å². The van der Waals surface area contributed by atoms with Crippen LogP contribution in [-0.2, 0) is 0 Å². The SMILES string of the molecule is COc1ccc(Cl)cc1Nc1cc(-c2cccnc2)nc(NCCO)n1. The number of nitrogens with one attached hydrogen (secondary N) is 2. The van der Waals surface area contributed by atoms with Crippen LogP contribution in [0.1, 0.15) is 0 Å². The van der Waals surface area contributed by atoms with Crippen molar-refractivity contribution in [2.45, 2.75) is 0 Å². The van der Waals surface area contributed by atoms with Gasteiger partial charge < -0.3 is 20.5 Å². The van der Waals surface area contributed by atoms with E-state index in [4.69, 9.17) is 21.4 Å². The van der Waals surface area contributed by atoms with Gasteiger partial charge in [0.15, 0.2) is 0 Å². The summed E-state index contributed by atoms with van der Waals surface area (Å²) in [6.45, 7) is 0.321. The minimum atomic E-state index is -0.0225. The van der Waals surface area contributed by atoms with E-state index in [1.54, 1.807) is 37.7 Å². The van der Waals surface area contributed by atoms with Gasteiger partial charge in [-0.1, -0.05) is 11.6 Å². The molecule has 7 nitrogen and oxygen atoms in total. The molecule has 134 valence electrons. The van der Waals surface area contributed by atoms with Crippen molar-refractivity contribution in [3.05, 3.63) is 53.8 Å². The average Bonchev–Trinajstić information content (AvgIpc) is 2.67. The molecule has 0 spiro atoms. The van der Waals surface area contributed by atoms with E-state index in [2.05, 4.69) is 25.6 Å². The molecule has 2 heterocycles. The van der Waals surface area contributed by atoms with Gasteiger partial charge in [-0.3, -0.25) is 4.98 Å². The van der Waals surface area contributed by atoms with Crippen molar-refractivity contribution in [2.75, 3.05) is 30.9 Å². The summed E-state index contributed by atoms with van der Waals surface area (Å²) in [6, 6.07) is 10.8. The Balaban J connectivity index is 1.99. The lowest BCUT2D eigenvalue weighted by molar-refractivity contribution is 0.311. The summed E-state index contributed by atoms with van der Waals surface area (Å²) in [6.07, 6.45) is 3.42. The van der Waals surface area contributed by atoms with Crippen molar-refractivity contribution in [3.8, 4) is 17.0 Å². The first kappa shape index (κ1) is 17.9. The fraction of sp³-hybridized carbons (Fsp3) is 0.167. The second kappa shape index (κ2) is 8.46. The first-order valence-electron chi connectivity index (χ1n) is 7.94. The Morgan fingerprint density at radius 2 is 2.08 bits per heavy atom. The van der Waals surface area contributed by atoms with Gasteiger partial charge in [-0.25, -0.2) is 4.98 Å². The molecule has 0 saturated heterocycles. The van der Waals surface area contributed by atoms with Gasteiger partial charge in [0.25, 0.3) is 0 Å². The lowest BCUT2D eigenvalue weighted by Gasteiger charge is -2.13. The van der Waals surface area contributed by atoms with Gasteiger partial charge in [0.2, 0.25) is 5.95 Å². The van der Waals surface area contributed by atoms with Crippen LogP contribution in [0.5, 0.6) is 5.75 Å². The number of benzene rings is 1. The Morgan fingerprint density at radius 1 is 1.19 bits per heavy atom. The number of nitrogens with zero attached hydrogens (tertiary/aromatic N) is 3. The molecule has 0 aliphatic heterocycles. The third-order valence-electron chi connectivity index (χ3n) is 3.50. The van der Waals surface area contributed by atoms with Crippen molar-refractivity contribution >= 4 is 29.1 Å². The van der Waals surface area contributed by atoms with Crippen LogP contribution >= 0.6 is 11.6 Å².